The van der Waals surface area contributed by atoms with Crippen LogP contribution < -0.4 is 10.6 Å². The van der Waals surface area contributed by atoms with Crippen molar-refractivity contribution >= 4 is 5.91 Å². The molecule has 2 N–H and O–H groups in total. The normalized spacial score (nSPS) is 23.8. The molecule has 0 radical (unpaired) electrons. The summed E-state index contributed by atoms with van der Waals surface area (Å²) in [6.45, 7) is 5.16. The molecule has 3 unspecified atom stereocenters. The van der Waals surface area contributed by atoms with Gasteiger partial charge >= 0.3 is 0 Å². The van der Waals surface area contributed by atoms with E-state index in [4.69, 9.17) is 4.74 Å². The highest BCUT2D eigenvalue weighted by molar-refractivity contribution is 5.79. The van der Waals surface area contributed by atoms with Crippen molar-refractivity contribution in [2.24, 2.45) is 0 Å². The first kappa shape index (κ1) is 16.0. The van der Waals surface area contributed by atoms with Crippen LogP contribution in [0.15, 0.2) is 12.5 Å². The molecule has 0 saturated carbocycles. The Balaban J connectivity index is 2.03. The fraction of sp³-hybridized carbons (Fsp3) is 0.733. The Morgan fingerprint density at radius 2 is 2.43 bits per heavy atom. The summed E-state index contributed by atoms with van der Waals surface area (Å²) in [5, 5.41) is 6.47. The van der Waals surface area contributed by atoms with Gasteiger partial charge in [0.2, 0.25) is 5.91 Å². The summed E-state index contributed by atoms with van der Waals surface area (Å²) in [4.78, 5) is 16.4. The van der Waals surface area contributed by atoms with E-state index >= 15 is 0 Å². The van der Waals surface area contributed by atoms with Crippen LogP contribution >= 0.6 is 0 Å². The maximum absolute atomic E-state index is 12.2. The number of carbonyl (C=O) groups is 1. The maximum Gasteiger partial charge on any atom is 0.242 e. The van der Waals surface area contributed by atoms with Crippen molar-refractivity contribution < 1.29 is 9.53 Å². The van der Waals surface area contributed by atoms with Crippen LogP contribution in [0.5, 0.6) is 0 Å². The number of ether oxygens (including phenoxy) is 1. The van der Waals surface area contributed by atoms with Gasteiger partial charge in [-0.25, -0.2) is 4.98 Å². The molecule has 0 bridgehead atoms. The highest BCUT2D eigenvalue weighted by atomic mass is 16.5. The molecule has 2 rings (SSSR count). The van der Waals surface area contributed by atoms with Gasteiger partial charge in [-0.15, -0.1) is 0 Å². The number of amides is 1. The van der Waals surface area contributed by atoms with E-state index < -0.39 is 0 Å². The number of imidazole rings is 1. The third-order valence-corrected chi connectivity index (χ3v) is 4.07. The first-order valence-electron chi connectivity index (χ1n) is 7.68. The van der Waals surface area contributed by atoms with Crippen molar-refractivity contribution in [2.45, 2.75) is 51.2 Å². The number of nitrogens with zero attached hydrogens (tertiary/aromatic N) is 2. The lowest BCUT2D eigenvalue weighted by Crippen LogP contribution is -2.38. The van der Waals surface area contributed by atoms with Crippen molar-refractivity contribution in [1.82, 2.24) is 20.2 Å². The Morgan fingerprint density at radius 1 is 1.62 bits per heavy atom. The van der Waals surface area contributed by atoms with Gasteiger partial charge in [0.1, 0.15) is 6.04 Å². The second kappa shape index (κ2) is 7.56. The average molecular weight is 294 g/mol. The average Bonchev–Trinajstić information content (AvgIpc) is 2.96. The van der Waals surface area contributed by atoms with Crippen LogP contribution in [-0.4, -0.2) is 41.8 Å². The van der Waals surface area contributed by atoms with Crippen molar-refractivity contribution in [3.05, 3.63) is 18.2 Å². The molecule has 0 spiro atoms. The topological polar surface area (TPSA) is 68.2 Å². The highest BCUT2D eigenvalue weighted by Crippen LogP contribution is 2.27. The van der Waals surface area contributed by atoms with Crippen LogP contribution in [0.2, 0.25) is 0 Å². The number of hydrogen-bond acceptors (Lipinski definition) is 4. The largest absolute Gasteiger partial charge is 0.383 e. The molecule has 118 valence electrons. The summed E-state index contributed by atoms with van der Waals surface area (Å²) in [7, 11) is 1.62. The first-order valence-corrected chi connectivity index (χ1v) is 7.68. The zero-order chi connectivity index (χ0) is 15.2. The van der Waals surface area contributed by atoms with E-state index in [1.165, 1.54) is 12.8 Å². The molecule has 2 heterocycles. The molecular formula is C15H26N4O2. The Hall–Kier alpha value is -1.40. The van der Waals surface area contributed by atoms with Crippen LogP contribution in [-0.2, 0) is 9.53 Å². The number of nitrogens with one attached hydrogen (secondary N) is 2. The third-order valence-electron chi connectivity index (χ3n) is 4.07. The zero-order valence-corrected chi connectivity index (χ0v) is 13.1. The van der Waals surface area contributed by atoms with Crippen molar-refractivity contribution in [1.29, 1.82) is 0 Å². The number of carbonyl (C=O) groups excluding carboxylic acids is 1. The minimum atomic E-state index is -0.265. The van der Waals surface area contributed by atoms with Gasteiger partial charge in [0, 0.05) is 31.9 Å². The quantitative estimate of drug-likeness (QED) is 0.778. The van der Waals surface area contributed by atoms with Gasteiger partial charge in [-0.2, -0.15) is 0 Å². The second-order valence-corrected chi connectivity index (χ2v) is 5.74. The summed E-state index contributed by atoms with van der Waals surface area (Å²) in [6.07, 6.45) is 7.12. The van der Waals surface area contributed by atoms with Crippen LogP contribution in [0.1, 0.15) is 50.9 Å². The molecule has 0 aromatic carbocycles. The molecule has 1 amide bonds. The minimum Gasteiger partial charge on any atom is -0.383 e. The Bertz CT molecular complexity index is 460. The maximum atomic E-state index is 12.2. The summed E-state index contributed by atoms with van der Waals surface area (Å²) in [5.41, 5.74) is 1.09. The zero-order valence-electron chi connectivity index (χ0n) is 13.1. The molecule has 0 aliphatic carbocycles. The van der Waals surface area contributed by atoms with Crippen LogP contribution in [0, 0.1) is 0 Å². The fourth-order valence-corrected chi connectivity index (χ4v) is 2.83. The SMILES string of the molecule is COCCNC(=O)C(C)n1cncc1C1CCCC(C)N1. The predicted molar refractivity (Wildman–Crippen MR) is 81.0 cm³/mol. The van der Waals surface area contributed by atoms with Crippen LogP contribution in [0.25, 0.3) is 0 Å². The van der Waals surface area contributed by atoms with E-state index in [2.05, 4.69) is 22.5 Å². The monoisotopic (exact) mass is 294 g/mol. The van der Waals surface area contributed by atoms with E-state index in [1.807, 2.05) is 17.7 Å². The molecule has 3 atom stereocenters. The lowest BCUT2D eigenvalue weighted by atomic mass is 9.97. The number of piperidine rings is 1. The Labute approximate surface area is 126 Å². The van der Waals surface area contributed by atoms with Crippen molar-refractivity contribution in [3.8, 4) is 0 Å². The molecule has 21 heavy (non-hydrogen) atoms. The van der Waals surface area contributed by atoms with Gasteiger partial charge in [-0.1, -0.05) is 0 Å². The molecule has 1 fully saturated rings. The lowest BCUT2D eigenvalue weighted by Gasteiger charge is -2.30. The summed E-state index contributed by atoms with van der Waals surface area (Å²) in [6, 6.07) is 0.529. The summed E-state index contributed by atoms with van der Waals surface area (Å²) >= 11 is 0. The summed E-state index contributed by atoms with van der Waals surface area (Å²) in [5.74, 6) is -0.00448. The number of methoxy groups -OCH3 is 1. The standard InChI is InChI=1S/C15H26N4O2/c1-11-5-4-6-13(18-11)14-9-16-10-19(14)12(2)15(20)17-7-8-21-3/h9-13,18H,4-8H2,1-3H3,(H,17,20). The molecule has 6 nitrogen and oxygen atoms in total. The van der Waals surface area contributed by atoms with E-state index in [0.29, 0.717) is 19.2 Å². The van der Waals surface area contributed by atoms with Crippen LogP contribution in [0.3, 0.4) is 0 Å². The number of hydrogen-bond donors (Lipinski definition) is 2. The number of aromatic nitrogens is 2. The fourth-order valence-electron chi connectivity index (χ4n) is 2.83. The van der Waals surface area contributed by atoms with E-state index in [1.54, 1.807) is 13.4 Å². The van der Waals surface area contributed by atoms with E-state index in [0.717, 1.165) is 12.1 Å². The van der Waals surface area contributed by atoms with E-state index in [-0.39, 0.29) is 18.0 Å². The summed E-state index contributed by atoms with van der Waals surface area (Å²) < 4.78 is 6.92. The molecule has 1 aliphatic heterocycles. The van der Waals surface area contributed by atoms with Crippen LogP contribution in [0.4, 0.5) is 0 Å². The number of rotatable bonds is 6. The minimum absolute atomic E-state index is 0.00448. The molecule has 1 aliphatic rings. The van der Waals surface area contributed by atoms with Crippen molar-refractivity contribution in [2.75, 3.05) is 20.3 Å². The van der Waals surface area contributed by atoms with Gasteiger partial charge < -0.3 is 19.9 Å². The van der Waals surface area contributed by atoms with Gasteiger partial charge in [0.05, 0.1) is 18.6 Å². The Morgan fingerprint density at radius 3 is 3.14 bits per heavy atom. The molecule has 1 saturated heterocycles. The Kier molecular flexibility index (Phi) is 5.76. The van der Waals surface area contributed by atoms with Gasteiger partial charge in [0.15, 0.2) is 0 Å². The molecule has 6 heteroatoms. The molecule has 1 aromatic heterocycles. The second-order valence-electron chi connectivity index (χ2n) is 5.74. The lowest BCUT2D eigenvalue weighted by molar-refractivity contribution is -0.124. The predicted octanol–water partition coefficient (Wildman–Crippen LogP) is 1.41. The van der Waals surface area contributed by atoms with Gasteiger partial charge in [-0.05, 0) is 33.1 Å². The van der Waals surface area contributed by atoms with E-state index in [9.17, 15) is 4.79 Å². The highest BCUT2D eigenvalue weighted by Gasteiger charge is 2.25. The first-order chi connectivity index (χ1) is 10.1. The van der Waals surface area contributed by atoms with Crippen molar-refractivity contribution in [3.63, 3.8) is 0 Å². The van der Waals surface area contributed by atoms with Gasteiger partial charge in [0.25, 0.3) is 0 Å². The smallest absolute Gasteiger partial charge is 0.242 e. The van der Waals surface area contributed by atoms with Gasteiger partial charge in [-0.3, -0.25) is 4.79 Å². The third kappa shape index (κ3) is 4.04. The molecular weight excluding hydrogens is 268 g/mol. The molecule has 1 aromatic rings.